The summed E-state index contributed by atoms with van der Waals surface area (Å²) in [7, 11) is 0. The smallest absolute Gasteiger partial charge is 0.125 e. The number of nitrogens with two attached hydrogens (primary N) is 1. The first-order valence-corrected chi connectivity index (χ1v) is 5.94. The molecule has 2 N–H and O–H groups in total. The SMILES string of the molecule is Cl.NC1=Nc2cccc(OCc3ccccc3)c2C1. The minimum absolute atomic E-state index is 0. The number of halogens is 1. The van der Waals surface area contributed by atoms with Crippen LogP contribution in [0.3, 0.4) is 0 Å². The lowest BCUT2D eigenvalue weighted by Gasteiger charge is -2.10. The number of hydrogen-bond acceptors (Lipinski definition) is 3. The van der Waals surface area contributed by atoms with Crippen LogP contribution in [0.1, 0.15) is 11.1 Å². The van der Waals surface area contributed by atoms with E-state index in [9.17, 15) is 0 Å². The molecule has 0 atom stereocenters. The standard InChI is InChI=1S/C15H14N2O.ClH/c16-15-9-12-13(17-15)7-4-8-14(12)18-10-11-5-2-1-3-6-11;/h1-8H,9-10H2,(H2,16,17);1H. The van der Waals surface area contributed by atoms with Gasteiger partial charge in [-0.15, -0.1) is 12.4 Å². The average molecular weight is 275 g/mol. The molecule has 2 aromatic rings. The van der Waals surface area contributed by atoms with Crippen molar-refractivity contribution in [3.05, 3.63) is 59.7 Å². The molecule has 0 aromatic heterocycles. The van der Waals surface area contributed by atoms with Gasteiger partial charge in [0.05, 0.1) is 5.69 Å². The van der Waals surface area contributed by atoms with Crippen molar-refractivity contribution in [1.29, 1.82) is 0 Å². The van der Waals surface area contributed by atoms with Crippen LogP contribution >= 0.6 is 12.4 Å². The lowest BCUT2D eigenvalue weighted by atomic mass is 10.1. The Morgan fingerprint density at radius 1 is 1.05 bits per heavy atom. The summed E-state index contributed by atoms with van der Waals surface area (Å²) >= 11 is 0. The van der Waals surface area contributed by atoms with Crippen LogP contribution in [0.2, 0.25) is 0 Å². The second-order valence-corrected chi connectivity index (χ2v) is 4.31. The molecule has 3 nitrogen and oxygen atoms in total. The van der Waals surface area contributed by atoms with E-state index in [1.54, 1.807) is 0 Å². The maximum Gasteiger partial charge on any atom is 0.125 e. The van der Waals surface area contributed by atoms with Crippen molar-refractivity contribution in [3.63, 3.8) is 0 Å². The van der Waals surface area contributed by atoms with E-state index in [4.69, 9.17) is 10.5 Å². The van der Waals surface area contributed by atoms with E-state index >= 15 is 0 Å². The second-order valence-electron chi connectivity index (χ2n) is 4.31. The summed E-state index contributed by atoms with van der Waals surface area (Å²) in [5.74, 6) is 1.53. The van der Waals surface area contributed by atoms with Crippen molar-refractivity contribution >= 4 is 23.9 Å². The van der Waals surface area contributed by atoms with E-state index in [0.717, 1.165) is 22.6 Å². The van der Waals surface area contributed by atoms with Crippen molar-refractivity contribution in [2.75, 3.05) is 0 Å². The Bertz CT molecular complexity index is 596. The van der Waals surface area contributed by atoms with E-state index in [1.165, 1.54) is 0 Å². The summed E-state index contributed by atoms with van der Waals surface area (Å²) in [5, 5.41) is 0. The van der Waals surface area contributed by atoms with Gasteiger partial charge in [0, 0.05) is 12.0 Å². The molecule has 1 aliphatic heterocycles. The van der Waals surface area contributed by atoms with Gasteiger partial charge < -0.3 is 10.5 Å². The zero-order chi connectivity index (χ0) is 12.4. The van der Waals surface area contributed by atoms with E-state index in [-0.39, 0.29) is 12.4 Å². The first kappa shape index (κ1) is 13.4. The van der Waals surface area contributed by atoms with Crippen LogP contribution in [0.5, 0.6) is 5.75 Å². The van der Waals surface area contributed by atoms with Gasteiger partial charge in [-0.3, -0.25) is 0 Å². The highest BCUT2D eigenvalue weighted by Crippen LogP contribution is 2.33. The van der Waals surface area contributed by atoms with Gasteiger partial charge in [-0.1, -0.05) is 36.4 Å². The van der Waals surface area contributed by atoms with E-state index in [0.29, 0.717) is 18.9 Å². The maximum atomic E-state index is 5.85. The zero-order valence-corrected chi connectivity index (χ0v) is 11.2. The fourth-order valence-electron chi connectivity index (χ4n) is 2.08. The Hall–Kier alpha value is -2.00. The van der Waals surface area contributed by atoms with E-state index in [1.807, 2.05) is 48.5 Å². The molecule has 1 aliphatic rings. The molecule has 3 rings (SSSR count). The predicted octanol–water partition coefficient (Wildman–Crippen LogP) is 3.23. The van der Waals surface area contributed by atoms with Crippen molar-refractivity contribution < 1.29 is 4.74 Å². The normalized spacial score (nSPS) is 12.3. The molecule has 0 saturated heterocycles. The third-order valence-corrected chi connectivity index (χ3v) is 2.97. The Balaban J connectivity index is 0.00000133. The molecule has 0 fully saturated rings. The lowest BCUT2D eigenvalue weighted by Crippen LogP contribution is -2.10. The van der Waals surface area contributed by atoms with Gasteiger partial charge in [0.2, 0.25) is 0 Å². The fourth-order valence-corrected chi connectivity index (χ4v) is 2.08. The molecule has 4 heteroatoms. The van der Waals surface area contributed by atoms with E-state index in [2.05, 4.69) is 4.99 Å². The number of ether oxygens (including phenoxy) is 1. The summed E-state index contributed by atoms with van der Waals surface area (Å²) < 4.78 is 5.85. The molecule has 0 amide bonds. The molecule has 0 aliphatic carbocycles. The lowest BCUT2D eigenvalue weighted by molar-refractivity contribution is 0.304. The highest BCUT2D eigenvalue weighted by atomic mass is 35.5. The number of fused-ring (bicyclic) bond motifs is 1. The number of nitrogens with zero attached hydrogens (tertiary/aromatic N) is 1. The number of amidine groups is 1. The minimum Gasteiger partial charge on any atom is -0.489 e. The molecule has 0 bridgehead atoms. The first-order valence-electron chi connectivity index (χ1n) is 5.94. The molecular formula is C15H15ClN2O. The van der Waals surface area contributed by atoms with Gasteiger partial charge in [0.15, 0.2) is 0 Å². The van der Waals surface area contributed by atoms with Crippen LogP contribution < -0.4 is 10.5 Å². The quantitative estimate of drug-likeness (QED) is 0.934. The maximum absolute atomic E-state index is 5.85. The Kier molecular flexibility index (Phi) is 4.07. The van der Waals surface area contributed by atoms with Gasteiger partial charge in [-0.2, -0.15) is 0 Å². The van der Waals surface area contributed by atoms with Crippen LogP contribution in [-0.2, 0) is 13.0 Å². The summed E-state index contributed by atoms with van der Waals surface area (Å²) in [6.07, 6.45) is 0.681. The number of aliphatic imine (C=N–C) groups is 1. The van der Waals surface area contributed by atoms with Crippen molar-refractivity contribution in [2.45, 2.75) is 13.0 Å². The van der Waals surface area contributed by atoms with Gasteiger partial charge in [0.1, 0.15) is 18.2 Å². The fraction of sp³-hybridized carbons (Fsp3) is 0.133. The van der Waals surface area contributed by atoms with Gasteiger partial charge >= 0.3 is 0 Å². The number of benzene rings is 2. The average Bonchev–Trinajstić information content (AvgIpc) is 2.78. The third-order valence-electron chi connectivity index (χ3n) is 2.97. The molecule has 2 aromatic carbocycles. The van der Waals surface area contributed by atoms with Crippen LogP contribution in [0.25, 0.3) is 0 Å². The van der Waals surface area contributed by atoms with Crippen LogP contribution in [0.15, 0.2) is 53.5 Å². The van der Waals surface area contributed by atoms with E-state index < -0.39 is 0 Å². The molecular weight excluding hydrogens is 260 g/mol. The monoisotopic (exact) mass is 274 g/mol. The summed E-state index contributed by atoms with van der Waals surface area (Å²) in [4.78, 5) is 4.28. The summed E-state index contributed by atoms with van der Waals surface area (Å²) in [6, 6.07) is 16.0. The number of hydrogen-bond donors (Lipinski definition) is 1. The van der Waals surface area contributed by atoms with Gasteiger partial charge in [-0.25, -0.2) is 4.99 Å². The van der Waals surface area contributed by atoms with Crippen molar-refractivity contribution in [3.8, 4) is 5.75 Å². The Morgan fingerprint density at radius 2 is 1.84 bits per heavy atom. The van der Waals surface area contributed by atoms with Crippen LogP contribution in [0, 0.1) is 0 Å². The Morgan fingerprint density at radius 3 is 2.63 bits per heavy atom. The van der Waals surface area contributed by atoms with Crippen LogP contribution in [0.4, 0.5) is 5.69 Å². The zero-order valence-electron chi connectivity index (χ0n) is 10.4. The first-order chi connectivity index (χ1) is 8.83. The van der Waals surface area contributed by atoms with Gasteiger partial charge in [-0.05, 0) is 17.7 Å². The van der Waals surface area contributed by atoms with Crippen LogP contribution in [-0.4, -0.2) is 5.84 Å². The molecule has 0 radical (unpaired) electrons. The topological polar surface area (TPSA) is 47.6 Å². The molecule has 1 heterocycles. The largest absolute Gasteiger partial charge is 0.489 e. The Labute approximate surface area is 118 Å². The summed E-state index contributed by atoms with van der Waals surface area (Å²) in [6.45, 7) is 0.567. The molecule has 0 unspecified atom stereocenters. The molecule has 19 heavy (non-hydrogen) atoms. The molecule has 0 spiro atoms. The second kappa shape index (κ2) is 5.76. The highest BCUT2D eigenvalue weighted by molar-refractivity contribution is 5.91. The minimum atomic E-state index is 0. The number of rotatable bonds is 3. The summed E-state index contributed by atoms with van der Waals surface area (Å²) in [5.41, 5.74) is 8.93. The predicted molar refractivity (Wildman–Crippen MR) is 79.5 cm³/mol. The highest BCUT2D eigenvalue weighted by Gasteiger charge is 2.16. The molecule has 98 valence electrons. The molecule has 0 saturated carbocycles. The third kappa shape index (κ3) is 2.88. The van der Waals surface area contributed by atoms with Crippen molar-refractivity contribution in [2.24, 2.45) is 10.7 Å². The van der Waals surface area contributed by atoms with Crippen molar-refractivity contribution in [1.82, 2.24) is 0 Å². The van der Waals surface area contributed by atoms with Gasteiger partial charge in [0.25, 0.3) is 0 Å².